The highest BCUT2D eigenvalue weighted by atomic mass is 16.5. The number of hydrogen-bond donors (Lipinski definition) is 1. The zero-order valence-corrected chi connectivity index (χ0v) is 8.60. The Morgan fingerprint density at radius 3 is 2.80 bits per heavy atom. The number of ether oxygens (including phenoxy) is 1. The van der Waals surface area contributed by atoms with Gasteiger partial charge in [0, 0.05) is 20.0 Å². The lowest BCUT2D eigenvalue weighted by atomic mass is 10.2. The van der Waals surface area contributed by atoms with Gasteiger partial charge in [-0.1, -0.05) is 0 Å². The lowest BCUT2D eigenvalue weighted by Gasteiger charge is -1.94. The second-order valence-electron chi connectivity index (χ2n) is 3.12. The molecular weight excluding hydrogens is 200 g/mol. The predicted molar refractivity (Wildman–Crippen MR) is 50.2 cm³/mol. The van der Waals surface area contributed by atoms with Crippen molar-refractivity contribution in [3.63, 3.8) is 0 Å². The summed E-state index contributed by atoms with van der Waals surface area (Å²) >= 11 is 0. The van der Waals surface area contributed by atoms with Crippen LogP contribution in [0, 0.1) is 0 Å². The topological polar surface area (TPSA) is 85.5 Å². The minimum absolute atomic E-state index is 0.180. The number of carboxylic acids is 1. The fraction of sp³-hybridized carbons (Fsp3) is 0.667. The summed E-state index contributed by atoms with van der Waals surface area (Å²) in [7, 11) is 1.55. The van der Waals surface area contributed by atoms with Crippen LogP contribution in [0.5, 0.6) is 0 Å². The molecule has 1 aromatic heterocycles. The second kappa shape index (κ2) is 6.13. The van der Waals surface area contributed by atoms with Crippen LogP contribution >= 0.6 is 0 Å². The maximum Gasteiger partial charge on any atom is 0.303 e. The van der Waals surface area contributed by atoms with Gasteiger partial charge in [0.15, 0.2) is 0 Å². The van der Waals surface area contributed by atoms with Crippen LogP contribution in [0.15, 0.2) is 4.42 Å². The maximum absolute atomic E-state index is 10.2. The molecule has 6 heteroatoms. The molecule has 0 unspecified atom stereocenters. The van der Waals surface area contributed by atoms with Crippen molar-refractivity contribution in [1.29, 1.82) is 0 Å². The van der Waals surface area contributed by atoms with E-state index < -0.39 is 5.97 Å². The van der Waals surface area contributed by atoms with E-state index in [1.807, 2.05) is 0 Å². The smallest absolute Gasteiger partial charge is 0.303 e. The third-order valence-electron chi connectivity index (χ3n) is 1.81. The molecule has 1 rings (SSSR count). The number of carbonyl (C=O) groups is 1. The summed E-state index contributed by atoms with van der Waals surface area (Å²) in [6.45, 7) is 0.308. The third-order valence-corrected chi connectivity index (χ3v) is 1.81. The summed E-state index contributed by atoms with van der Waals surface area (Å²) in [6.07, 6.45) is 2.15. The van der Waals surface area contributed by atoms with Gasteiger partial charge in [0.05, 0.1) is 0 Å². The van der Waals surface area contributed by atoms with Gasteiger partial charge >= 0.3 is 5.97 Å². The fourth-order valence-corrected chi connectivity index (χ4v) is 1.12. The fourth-order valence-electron chi connectivity index (χ4n) is 1.12. The molecule has 0 amide bonds. The first kappa shape index (κ1) is 11.6. The number of hydrogen-bond acceptors (Lipinski definition) is 5. The van der Waals surface area contributed by atoms with Gasteiger partial charge in [0.1, 0.15) is 6.61 Å². The zero-order valence-electron chi connectivity index (χ0n) is 8.60. The Labute approximate surface area is 87.3 Å². The Bertz CT molecular complexity index is 311. The van der Waals surface area contributed by atoms with E-state index in [1.54, 1.807) is 7.11 Å². The average molecular weight is 214 g/mol. The van der Waals surface area contributed by atoms with Crippen LogP contribution in [0.3, 0.4) is 0 Å². The number of carboxylic acid groups (broad SMARTS) is 1. The Morgan fingerprint density at radius 2 is 2.13 bits per heavy atom. The van der Waals surface area contributed by atoms with E-state index in [4.69, 9.17) is 14.3 Å². The molecule has 0 saturated carbocycles. The SMILES string of the molecule is COCc1nnc(CCCCC(=O)O)o1. The number of methoxy groups -OCH3 is 1. The number of aliphatic carboxylic acids is 1. The van der Waals surface area contributed by atoms with Gasteiger partial charge in [0.2, 0.25) is 11.8 Å². The molecule has 0 bridgehead atoms. The molecule has 0 aliphatic carbocycles. The predicted octanol–water partition coefficient (Wildman–Crippen LogP) is 1.01. The van der Waals surface area contributed by atoms with Crippen LogP contribution in [0.4, 0.5) is 0 Å². The van der Waals surface area contributed by atoms with Crippen LogP contribution in [-0.2, 0) is 22.6 Å². The first-order chi connectivity index (χ1) is 7.22. The molecule has 0 radical (unpaired) electrons. The van der Waals surface area contributed by atoms with Crippen molar-refractivity contribution in [1.82, 2.24) is 10.2 Å². The first-order valence-corrected chi connectivity index (χ1v) is 4.74. The molecule has 0 atom stereocenters. The molecule has 1 heterocycles. The Hall–Kier alpha value is -1.43. The standard InChI is InChI=1S/C9H14N2O4/c1-14-6-8-11-10-7(15-8)4-2-3-5-9(12)13/h2-6H2,1H3,(H,12,13). The number of aromatic nitrogens is 2. The Kier molecular flexibility index (Phi) is 4.76. The van der Waals surface area contributed by atoms with Crippen molar-refractivity contribution in [3.8, 4) is 0 Å². The van der Waals surface area contributed by atoms with Gasteiger partial charge in [-0.25, -0.2) is 0 Å². The van der Waals surface area contributed by atoms with Crippen LogP contribution < -0.4 is 0 Å². The quantitative estimate of drug-likeness (QED) is 0.682. The molecule has 84 valence electrons. The minimum atomic E-state index is -0.777. The molecule has 1 N–H and O–H groups in total. The van der Waals surface area contributed by atoms with Crippen molar-refractivity contribution in [2.24, 2.45) is 0 Å². The maximum atomic E-state index is 10.2. The van der Waals surface area contributed by atoms with Crippen LogP contribution in [0.2, 0.25) is 0 Å². The molecule has 6 nitrogen and oxygen atoms in total. The summed E-state index contributed by atoms with van der Waals surface area (Å²) in [6, 6.07) is 0. The molecule has 0 fully saturated rings. The summed E-state index contributed by atoms with van der Waals surface area (Å²) in [4.78, 5) is 10.2. The van der Waals surface area contributed by atoms with Crippen molar-refractivity contribution in [2.75, 3.05) is 7.11 Å². The molecule has 15 heavy (non-hydrogen) atoms. The van der Waals surface area contributed by atoms with E-state index in [9.17, 15) is 4.79 Å². The molecule has 0 saturated heterocycles. The van der Waals surface area contributed by atoms with Crippen LogP contribution in [0.25, 0.3) is 0 Å². The Balaban J connectivity index is 2.22. The normalized spacial score (nSPS) is 10.5. The van der Waals surface area contributed by atoms with Crippen molar-refractivity contribution < 1.29 is 19.1 Å². The van der Waals surface area contributed by atoms with Crippen molar-refractivity contribution >= 4 is 5.97 Å². The van der Waals surface area contributed by atoms with Gasteiger partial charge in [0.25, 0.3) is 0 Å². The molecule has 0 aliphatic heterocycles. The van der Waals surface area contributed by atoms with Gasteiger partial charge < -0.3 is 14.3 Å². The first-order valence-electron chi connectivity index (χ1n) is 4.74. The van der Waals surface area contributed by atoms with Gasteiger partial charge in [-0.3, -0.25) is 4.79 Å². The van der Waals surface area contributed by atoms with Crippen molar-refractivity contribution in [2.45, 2.75) is 32.3 Å². The summed E-state index contributed by atoms with van der Waals surface area (Å²) in [5.41, 5.74) is 0. The van der Waals surface area contributed by atoms with Gasteiger partial charge in [-0.05, 0) is 12.8 Å². The lowest BCUT2D eigenvalue weighted by Crippen LogP contribution is -1.95. The highest BCUT2D eigenvalue weighted by Crippen LogP contribution is 2.06. The molecule has 0 aliphatic rings. The minimum Gasteiger partial charge on any atom is -0.481 e. The van der Waals surface area contributed by atoms with E-state index in [0.717, 1.165) is 6.42 Å². The largest absolute Gasteiger partial charge is 0.481 e. The van der Waals surface area contributed by atoms with E-state index >= 15 is 0 Å². The van der Waals surface area contributed by atoms with Crippen molar-refractivity contribution in [3.05, 3.63) is 11.8 Å². The van der Waals surface area contributed by atoms with E-state index in [2.05, 4.69) is 10.2 Å². The van der Waals surface area contributed by atoms with Gasteiger partial charge in [-0.2, -0.15) is 0 Å². The third kappa shape index (κ3) is 4.55. The van der Waals surface area contributed by atoms with E-state index in [-0.39, 0.29) is 6.42 Å². The molecule has 1 aromatic rings. The van der Waals surface area contributed by atoms with Crippen LogP contribution in [0.1, 0.15) is 31.0 Å². The number of rotatable bonds is 7. The molecule has 0 aromatic carbocycles. The van der Waals surface area contributed by atoms with E-state index in [1.165, 1.54) is 0 Å². The summed E-state index contributed by atoms with van der Waals surface area (Å²) < 4.78 is 10.1. The second-order valence-corrected chi connectivity index (χ2v) is 3.12. The number of nitrogens with zero attached hydrogens (tertiary/aromatic N) is 2. The highest BCUT2D eigenvalue weighted by molar-refractivity contribution is 5.66. The zero-order chi connectivity index (χ0) is 11.1. The van der Waals surface area contributed by atoms with Gasteiger partial charge in [-0.15, -0.1) is 10.2 Å². The molecule has 0 spiro atoms. The average Bonchev–Trinajstić information content (AvgIpc) is 2.61. The summed E-state index contributed by atoms with van der Waals surface area (Å²) in [5, 5.41) is 16.0. The number of unbranched alkanes of at least 4 members (excludes halogenated alkanes) is 1. The number of aryl methyl sites for hydroxylation is 1. The van der Waals surface area contributed by atoms with Crippen LogP contribution in [-0.4, -0.2) is 28.4 Å². The lowest BCUT2D eigenvalue weighted by molar-refractivity contribution is -0.137. The highest BCUT2D eigenvalue weighted by Gasteiger charge is 2.05. The molecular formula is C9H14N2O4. The monoisotopic (exact) mass is 214 g/mol. The summed E-state index contributed by atoms with van der Waals surface area (Å²) in [5.74, 6) is 0.207. The van der Waals surface area contributed by atoms with E-state index in [0.29, 0.717) is 31.2 Å². The Morgan fingerprint density at radius 1 is 1.40 bits per heavy atom.